The number of rotatable bonds is 1. The highest BCUT2D eigenvalue weighted by molar-refractivity contribution is 5.92. The van der Waals surface area contributed by atoms with Crippen molar-refractivity contribution in [2.24, 2.45) is 0 Å². The fourth-order valence-electron chi connectivity index (χ4n) is 2.70. The van der Waals surface area contributed by atoms with Crippen LogP contribution in [0.2, 0.25) is 0 Å². The second-order valence-corrected chi connectivity index (χ2v) is 5.09. The first kappa shape index (κ1) is 11.5. The third-order valence-corrected chi connectivity index (χ3v) is 3.84. The van der Waals surface area contributed by atoms with Gasteiger partial charge in [-0.15, -0.1) is 0 Å². The first-order valence-corrected chi connectivity index (χ1v) is 6.44. The number of pyridine rings is 1. The Hall–Kier alpha value is -1.62. The van der Waals surface area contributed by atoms with Crippen LogP contribution in [0.3, 0.4) is 0 Å². The van der Waals surface area contributed by atoms with E-state index in [1.165, 1.54) is 0 Å². The van der Waals surface area contributed by atoms with E-state index in [2.05, 4.69) is 22.2 Å². The molecule has 1 aromatic rings. The summed E-state index contributed by atoms with van der Waals surface area (Å²) in [6.45, 7) is 2.75. The third-order valence-electron chi connectivity index (χ3n) is 3.84. The van der Waals surface area contributed by atoms with Crippen LogP contribution in [0, 0.1) is 0 Å². The van der Waals surface area contributed by atoms with Gasteiger partial charge < -0.3 is 15.1 Å². The van der Waals surface area contributed by atoms with Gasteiger partial charge in [-0.3, -0.25) is 4.98 Å². The van der Waals surface area contributed by atoms with Gasteiger partial charge in [0.15, 0.2) is 0 Å². The van der Waals surface area contributed by atoms with Crippen molar-refractivity contribution < 1.29 is 4.79 Å². The summed E-state index contributed by atoms with van der Waals surface area (Å²) in [5.41, 5.74) is 1.82. The Balaban J connectivity index is 1.76. The SMILES string of the molecule is CN1CCC(N2Cc3ncccc3NC2=O)CC1. The Morgan fingerprint density at radius 1 is 1.39 bits per heavy atom. The maximum absolute atomic E-state index is 12.1. The lowest BCUT2D eigenvalue weighted by atomic mass is 10.0. The predicted molar refractivity (Wildman–Crippen MR) is 69.3 cm³/mol. The molecule has 0 bridgehead atoms. The fourth-order valence-corrected chi connectivity index (χ4v) is 2.70. The molecule has 0 atom stereocenters. The molecule has 3 rings (SSSR count). The van der Waals surface area contributed by atoms with Crippen LogP contribution >= 0.6 is 0 Å². The number of fused-ring (bicyclic) bond motifs is 1. The van der Waals surface area contributed by atoms with E-state index in [4.69, 9.17) is 0 Å². The zero-order valence-corrected chi connectivity index (χ0v) is 10.6. The highest BCUT2D eigenvalue weighted by atomic mass is 16.2. The topological polar surface area (TPSA) is 48.5 Å². The Bertz CT molecular complexity index is 454. The third kappa shape index (κ3) is 2.06. The molecule has 5 nitrogen and oxygen atoms in total. The summed E-state index contributed by atoms with van der Waals surface area (Å²) in [4.78, 5) is 20.7. The van der Waals surface area contributed by atoms with Gasteiger partial charge in [0.25, 0.3) is 0 Å². The van der Waals surface area contributed by atoms with Gasteiger partial charge >= 0.3 is 6.03 Å². The molecule has 2 aliphatic rings. The number of amides is 2. The van der Waals surface area contributed by atoms with Crippen LogP contribution in [0.15, 0.2) is 18.3 Å². The molecule has 1 N–H and O–H groups in total. The summed E-state index contributed by atoms with van der Waals surface area (Å²) >= 11 is 0. The number of likely N-dealkylation sites (tertiary alicyclic amines) is 1. The van der Waals surface area contributed by atoms with E-state index >= 15 is 0 Å². The molecule has 0 unspecified atom stereocenters. The maximum atomic E-state index is 12.1. The molecule has 1 saturated heterocycles. The Kier molecular flexibility index (Phi) is 2.91. The number of nitrogens with one attached hydrogen (secondary N) is 1. The quantitative estimate of drug-likeness (QED) is 0.817. The second kappa shape index (κ2) is 4.57. The molecule has 96 valence electrons. The Labute approximate surface area is 107 Å². The van der Waals surface area contributed by atoms with Crippen LogP contribution < -0.4 is 5.32 Å². The predicted octanol–water partition coefficient (Wildman–Crippen LogP) is 1.52. The standard InChI is InChI=1S/C13H18N4O/c1-16-7-4-10(5-8-16)17-9-12-11(15-13(17)18)3-2-6-14-12/h2-3,6,10H,4-5,7-9H2,1H3,(H,15,18). The van der Waals surface area contributed by atoms with E-state index in [9.17, 15) is 4.79 Å². The molecule has 2 amide bonds. The number of hydrogen-bond acceptors (Lipinski definition) is 3. The minimum Gasteiger partial charge on any atom is -0.315 e. The number of anilines is 1. The van der Waals surface area contributed by atoms with E-state index < -0.39 is 0 Å². The van der Waals surface area contributed by atoms with E-state index in [1.54, 1.807) is 6.20 Å². The largest absolute Gasteiger partial charge is 0.322 e. The number of piperidine rings is 1. The fraction of sp³-hybridized carbons (Fsp3) is 0.538. The lowest BCUT2D eigenvalue weighted by Gasteiger charge is -2.39. The molecule has 1 aromatic heterocycles. The van der Waals surface area contributed by atoms with Gasteiger partial charge in [-0.2, -0.15) is 0 Å². The van der Waals surface area contributed by atoms with Gasteiger partial charge in [0.1, 0.15) is 0 Å². The van der Waals surface area contributed by atoms with E-state index in [1.807, 2.05) is 17.0 Å². The molecule has 2 aliphatic heterocycles. The van der Waals surface area contributed by atoms with Crippen LogP contribution in [-0.4, -0.2) is 47.0 Å². The number of carbonyl (C=O) groups excluding carboxylic acids is 1. The van der Waals surface area contributed by atoms with E-state index in [-0.39, 0.29) is 6.03 Å². The lowest BCUT2D eigenvalue weighted by molar-refractivity contribution is 0.132. The molecule has 0 radical (unpaired) electrons. The van der Waals surface area contributed by atoms with Crippen LogP contribution in [0.25, 0.3) is 0 Å². The van der Waals surface area contributed by atoms with Crippen LogP contribution in [0.4, 0.5) is 10.5 Å². The molecular formula is C13H18N4O. The maximum Gasteiger partial charge on any atom is 0.322 e. The molecule has 0 saturated carbocycles. The number of urea groups is 1. The smallest absolute Gasteiger partial charge is 0.315 e. The monoisotopic (exact) mass is 246 g/mol. The molecule has 5 heteroatoms. The van der Waals surface area contributed by atoms with Gasteiger partial charge in [0, 0.05) is 12.2 Å². The molecule has 0 spiro atoms. The first-order chi connectivity index (χ1) is 8.74. The summed E-state index contributed by atoms with van der Waals surface area (Å²) in [5.74, 6) is 0. The van der Waals surface area contributed by atoms with Crippen LogP contribution in [0.5, 0.6) is 0 Å². The number of nitrogens with zero attached hydrogens (tertiary/aromatic N) is 3. The van der Waals surface area contributed by atoms with Crippen molar-refractivity contribution in [3.05, 3.63) is 24.0 Å². The summed E-state index contributed by atoms with van der Waals surface area (Å²) in [6, 6.07) is 4.12. The molecule has 3 heterocycles. The van der Waals surface area contributed by atoms with Crippen molar-refractivity contribution in [1.82, 2.24) is 14.8 Å². The summed E-state index contributed by atoms with van der Waals surface area (Å²) < 4.78 is 0. The van der Waals surface area contributed by atoms with Gasteiger partial charge in [-0.25, -0.2) is 4.79 Å². The Morgan fingerprint density at radius 2 is 2.17 bits per heavy atom. The van der Waals surface area contributed by atoms with Crippen molar-refractivity contribution in [3.63, 3.8) is 0 Å². The van der Waals surface area contributed by atoms with Gasteiger partial charge in [0.05, 0.1) is 17.9 Å². The second-order valence-electron chi connectivity index (χ2n) is 5.09. The molecular weight excluding hydrogens is 228 g/mol. The minimum absolute atomic E-state index is 0.0186. The van der Waals surface area contributed by atoms with Crippen LogP contribution in [0.1, 0.15) is 18.5 Å². The van der Waals surface area contributed by atoms with Crippen LogP contribution in [-0.2, 0) is 6.54 Å². The van der Waals surface area contributed by atoms with E-state index in [0.29, 0.717) is 12.6 Å². The highest BCUT2D eigenvalue weighted by Gasteiger charge is 2.31. The summed E-state index contributed by atoms with van der Waals surface area (Å²) in [6.07, 6.45) is 3.88. The average Bonchev–Trinajstić information content (AvgIpc) is 2.39. The zero-order chi connectivity index (χ0) is 12.5. The normalized spacial score (nSPS) is 21.6. The first-order valence-electron chi connectivity index (χ1n) is 6.44. The van der Waals surface area contributed by atoms with E-state index in [0.717, 1.165) is 37.3 Å². The van der Waals surface area contributed by atoms with Crippen molar-refractivity contribution in [2.45, 2.75) is 25.4 Å². The van der Waals surface area contributed by atoms with Gasteiger partial charge in [-0.05, 0) is 45.1 Å². The number of hydrogen-bond donors (Lipinski definition) is 1. The lowest BCUT2D eigenvalue weighted by Crippen LogP contribution is -2.49. The van der Waals surface area contributed by atoms with Crippen molar-refractivity contribution in [2.75, 3.05) is 25.5 Å². The average molecular weight is 246 g/mol. The summed E-state index contributed by atoms with van der Waals surface area (Å²) in [5, 5.41) is 2.93. The number of aromatic nitrogens is 1. The van der Waals surface area contributed by atoms with Crippen molar-refractivity contribution in [3.8, 4) is 0 Å². The molecule has 18 heavy (non-hydrogen) atoms. The highest BCUT2D eigenvalue weighted by Crippen LogP contribution is 2.25. The van der Waals surface area contributed by atoms with Gasteiger partial charge in [0.2, 0.25) is 0 Å². The molecule has 0 aliphatic carbocycles. The number of carbonyl (C=O) groups is 1. The molecule has 1 fully saturated rings. The zero-order valence-electron chi connectivity index (χ0n) is 10.6. The molecule has 0 aromatic carbocycles. The van der Waals surface area contributed by atoms with Gasteiger partial charge in [-0.1, -0.05) is 0 Å². The van der Waals surface area contributed by atoms with Crippen molar-refractivity contribution >= 4 is 11.7 Å². The van der Waals surface area contributed by atoms with Crippen molar-refractivity contribution in [1.29, 1.82) is 0 Å². The minimum atomic E-state index is 0.0186. The Morgan fingerprint density at radius 3 is 2.94 bits per heavy atom. The summed E-state index contributed by atoms with van der Waals surface area (Å²) in [7, 11) is 2.13.